The minimum atomic E-state index is -0.366. The van der Waals surface area contributed by atoms with Gasteiger partial charge in [-0.3, -0.25) is 14.6 Å². The molecule has 0 bridgehead atoms. The van der Waals surface area contributed by atoms with Crippen LogP contribution in [-0.2, 0) is 22.6 Å². The molecule has 2 heterocycles. The van der Waals surface area contributed by atoms with Gasteiger partial charge in [-0.15, -0.1) is 0 Å². The van der Waals surface area contributed by atoms with Crippen LogP contribution in [-0.4, -0.2) is 29.9 Å². The van der Waals surface area contributed by atoms with E-state index in [1.165, 1.54) is 5.56 Å². The van der Waals surface area contributed by atoms with Crippen molar-refractivity contribution in [2.75, 3.05) is 21.7 Å². The molecule has 1 aliphatic heterocycles. The minimum absolute atomic E-state index is 0.00235. The lowest BCUT2D eigenvalue weighted by atomic mass is 9.86. The fourth-order valence-electron chi connectivity index (χ4n) is 5.51. The predicted octanol–water partition coefficient (Wildman–Crippen LogP) is 6.81. The van der Waals surface area contributed by atoms with Gasteiger partial charge in [-0.1, -0.05) is 29.8 Å². The van der Waals surface area contributed by atoms with Crippen LogP contribution in [0.5, 0.6) is 0 Å². The number of benzene rings is 3. The van der Waals surface area contributed by atoms with Crippen molar-refractivity contribution in [1.29, 1.82) is 0 Å². The first-order valence-corrected chi connectivity index (χ1v) is 13.8. The van der Waals surface area contributed by atoms with E-state index in [4.69, 9.17) is 11.6 Å². The maximum atomic E-state index is 13.7. The summed E-state index contributed by atoms with van der Waals surface area (Å²) in [5.41, 5.74) is 6.77. The molecule has 0 fully saturated rings. The van der Waals surface area contributed by atoms with Gasteiger partial charge in [-0.2, -0.15) is 0 Å². The van der Waals surface area contributed by atoms with E-state index >= 15 is 0 Å². The van der Waals surface area contributed by atoms with E-state index < -0.39 is 0 Å². The molecule has 1 aromatic heterocycles. The number of carbonyl (C=O) groups excluding carboxylic acids is 2. The van der Waals surface area contributed by atoms with Crippen molar-refractivity contribution in [2.24, 2.45) is 0 Å². The fourth-order valence-corrected chi connectivity index (χ4v) is 5.64. The highest BCUT2D eigenvalue weighted by molar-refractivity contribution is 6.30. The van der Waals surface area contributed by atoms with Gasteiger partial charge in [0, 0.05) is 61.0 Å². The molecule has 0 N–H and O–H groups in total. The third-order valence-electron chi connectivity index (χ3n) is 7.35. The van der Waals surface area contributed by atoms with Crippen LogP contribution in [0.4, 0.5) is 17.1 Å². The van der Waals surface area contributed by atoms with E-state index in [0.29, 0.717) is 5.02 Å². The first kappa shape index (κ1) is 27.4. The smallest absolute Gasteiger partial charge is 0.232 e. The predicted molar refractivity (Wildman–Crippen MR) is 162 cm³/mol. The molecular formula is C33H33ClN4O2. The number of carbonyl (C=O) groups is 2. The van der Waals surface area contributed by atoms with E-state index in [-0.39, 0.29) is 30.3 Å². The third-order valence-corrected chi connectivity index (χ3v) is 7.60. The summed E-state index contributed by atoms with van der Waals surface area (Å²) >= 11 is 6.24. The summed E-state index contributed by atoms with van der Waals surface area (Å²) in [4.78, 5) is 36.2. The van der Waals surface area contributed by atoms with E-state index in [1.807, 2.05) is 98.6 Å². The van der Waals surface area contributed by atoms with Crippen LogP contribution in [0, 0.1) is 0 Å². The summed E-state index contributed by atoms with van der Waals surface area (Å²) in [5, 5.41) is 0.635. The topological polar surface area (TPSA) is 56.8 Å². The van der Waals surface area contributed by atoms with Gasteiger partial charge in [-0.05, 0) is 96.8 Å². The largest absolute Gasteiger partial charge is 0.370 e. The summed E-state index contributed by atoms with van der Waals surface area (Å²) < 4.78 is 0. The summed E-state index contributed by atoms with van der Waals surface area (Å²) in [6.07, 6.45) is 3.88. The van der Waals surface area contributed by atoms with Gasteiger partial charge in [0.15, 0.2) is 0 Å². The highest BCUT2D eigenvalue weighted by Gasteiger charge is 2.35. The highest BCUT2D eigenvalue weighted by Crippen LogP contribution is 2.41. The molecular weight excluding hydrogens is 520 g/mol. The Kier molecular flexibility index (Phi) is 7.90. The average molecular weight is 553 g/mol. The second-order valence-electron chi connectivity index (χ2n) is 10.5. The number of pyridine rings is 1. The Morgan fingerprint density at radius 3 is 2.25 bits per heavy atom. The molecule has 0 saturated carbocycles. The normalized spacial score (nSPS) is 14.7. The van der Waals surface area contributed by atoms with Crippen molar-refractivity contribution < 1.29 is 9.59 Å². The molecule has 40 heavy (non-hydrogen) atoms. The number of nitrogens with zero attached hydrogens (tertiary/aromatic N) is 4. The number of aromatic nitrogens is 1. The molecule has 7 heteroatoms. The SMILES string of the molecule is CC(=O)N(c1ccc2c(c1)C(c1ccc(Cl)cc1)N(c1ccc(N(C)Cc3ccncc3)cc1)C(=O)C2)C(C)C. The van der Waals surface area contributed by atoms with Crippen molar-refractivity contribution in [3.8, 4) is 0 Å². The molecule has 0 saturated heterocycles. The van der Waals surface area contributed by atoms with Gasteiger partial charge in [0.1, 0.15) is 0 Å². The maximum absolute atomic E-state index is 13.7. The van der Waals surface area contributed by atoms with E-state index in [0.717, 1.165) is 40.3 Å². The van der Waals surface area contributed by atoms with E-state index in [2.05, 4.69) is 16.0 Å². The van der Waals surface area contributed by atoms with Gasteiger partial charge in [0.2, 0.25) is 11.8 Å². The number of rotatable bonds is 7. The van der Waals surface area contributed by atoms with Crippen LogP contribution in [0.25, 0.3) is 0 Å². The second-order valence-corrected chi connectivity index (χ2v) is 10.9. The molecule has 0 spiro atoms. The summed E-state index contributed by atoms with van der Waals surface area (Å²) in [7, 11) is 2.05. The molecule has 1 aliphatic rings. The van der Waals surface area contributed by atoms with Crippen LogP contribution in [0.1, 0.15) is 49.1 Å². The third kappa shape index (κ3) is 5.58. The first-order chi connectivity index (χ1) is 19.2. The molecule has 0 aliphatic carbocycles. The Morgan fingerprint density at radius 1 is 0.975 bits per heavy atom. The number of amides is 2. The van der Waals surface area contributed by atoms with Crippen molar-refractivity contribution in [3.05, 3.63) is 119 Å². The Hall–Kier alpha value is -4.16. The number of hydrogen-bond acceptors (Lipinski definition) is 4. The van der Waals surface area contributed by atoms with Gasteiger partial charge >= 0.3 is 0 Å². The van der Waals surface area contributed by atoms with Crippen molar-refractivity contribution in [1.82, 2.24) is 4.98 Å². The summed E-state index contributed by atoms with van der Waals surface area (Å²) in [5.74, 6) is -0.00131. The molecule has 4 aromatic rings. The first-order valence-electron chi connectivity index (χ1n) is 13.4. The highest BCUT2D eigenvalue weighted by atomic mass is 35.5. The van der Waals surface area contributed by atoms with Crippen LogP contribution >= 0.6 is 11.6 Å². The zero-order chi connectivity index (χ0) is 28.4. The monoisotopic (exact) mass is 552 g/mol. The molecule has 3 aromatic carbocycles. The Labute approximate surface area is 240 Å². The van der Waals surface area contributed by atoms with Crippen molar-refractivity contribution in [3.63, 3.8) is 0 Å². The number of fused-ring (bicyclic) bond motifs is 1. The molecule has 0 radical (unpaired) electrons. The standard InChI is InChI=1S/C33H33ClN4O2/c1-22(2)37(23(3)39)30-10-7-26-19-32(40)38(33(31(26)20-30)25-5-8-27(34)9-6-25)29-13-11-28(12-14-29)36(4)21-24-15-17-35-18-16-24/h5-18,20,22,33H,19,21H2,1-4H3. The molecule has 1 unspecified atom stereocenters. The van der Waals surface area contributed by atoms with Gasteiger partial charge in [0.25, 0.3) is 0 Å². The van der Waals surface area contributed by atoms with Crippen molar-refractivity contribution >= 4 is 40.5 Å². The molecule has 5 rings (SSSR count). The molecule has 6 nitrogen and oxygen atoms in total. The lowest BCUT2D eigenvalue weighted by molar-refractivity contribution is -0.119. The van der Waals surface area contributed by atoms with E-state index in [9.17, 15) is 9.59 Å². The summed E-state index contributed by atoms with van der Waals surface area (Å²) in [6.45, 7) is 6.33. The van der Waals surface area contributed by atoms with Crippen LogP contribution < -0.4 is 14.7 Å². The zero-order valence-electron chi connectivity index (χ0n) is 23.2. The number of hydrogen-bond donors (Lipinski definition) is 0. The van der Waals surface area contributed by atoms with Crippen LogP contribution in [0.2, 0.25) is 5.02 Å². The minimum Gasteiger partial charge on any atom is -0.370 e. The lowest BCUT2D eigenvalue weighted by Gasteiger charge is -2.39. The summed E-state index contributed by atoms with van der Waals surface area (Å²) in [6, 6.07) is 25.4. The van der Waals surface area contributed by atoms with Gasteiger partial charge < -0.3 is 14.7 Å². The van der Waals surface area contributed by atoms with Crippen LogP contribution in [0.15, 0.2) is 91.3 Å². The molecule has 204 valence electrons. The lowest BCUT2D eigenvalue weighted by Crippen LogP contribution is -2.41. The maximum Gasteiger partial charge on any atom is 0.232 e. The number of halogens is 1. The Bertz CT molecular complexity index is 1500. The quantitative estimate of drug-likeness (QED) is 0.253. The second kappa shape index (κ2) is 11.5. The molecule has 2 amide bonds. The van der Waals surface area contributed by atoms with Crippen molar-refractivity contribution in [2.45, 2.75) is 45.8 Å². The van der Waals surface area contributed by atoms with Gasteiger partial charge in [-0.25, -0.2) is 0 Å². The van der Waals surface area contributed by atoms with E-state index in [1.54, 1.807) is 24.2 Å². The van der Waals surface area contributed by atoms with Crippen LogP contribution in [0.3, 0.4) is 0 Å². The Morgan fingerprint density at radius 2 is 1.62 bits per heavy atom. The average Bonchev–Trinajstić information content (AvgIpc) is 2.93. The Balaban J connectivity index is 1.55. The fraction of sp³-hybridized carbons (Fsp3) is 0.242. The number of anilines is 3. The van der Waals surface area contributed by atoms with Gasteiger partial charge in [0.05, 0.1) is 12.5 Å². The zero-order valence-corrected chi connectivity index (χ0v) is 24.0. The molecule has 1 atom stereocenters.